The number of hydrogen-bond acceptors (Lipinski definition) is 5. The van der Waals surface area contributed by atoms with Crippen LogP contribution in [0.3, 0.4) is 0 Å². The molecular weight excluding hydrogens is 516 g/mol. The van der Waals surface area contributed by atoms with Gasteiger partial charge in [0.2, 0.25) is 0 Å². The van der Waals surface area contributed by atoms with E-state index in [2.05, 4.69) is 61.7 Å². The number of nitrogens with one attached hydrogen (secondary N) is 2. The Morgan fingerprint density at radius 1 is 0.750 bits per heavy atom. The van der Waals surface area contributed by atoms with E-state index < -0.39 is 0 Å². The van der Waals surface area contributed by atoms with E-state index in [9.17, 15) is 0 Å². The minimum atomic E-state index is -0.125. The van der Waals surface area contributed by atoms with Crippen LogP contribution >= 0.6 is 11.6 Å². The number of anilines is 3. The van der Waals surface area contributed by atoms with Gasteiger partial charge in [-0.3, -0.25) is 0 Å². The van der Waals surface area contributed by atoms with E-state index in [1.54, 1.807) is 0 Å². The molecule has 0 bridgehead atoms. The van der Waals surface area contributed by atoms with Crippen molar-refractivity contribution in [3.63, 3.8) is 0 Å². The van der Waals surface area contributed by atoms with E-state index in [1.165, 1.54) is 0 Å². The maximum absolute atomic E-state index is 6.42. The summed E-state index contributed by atoms with van der Waals surface area (Å²) in [5.74, 6) is 2.13. The Kier molecular flexibility index (Phi) is 6.86. The summed E-state index contributed by atoms with van der Waals surface area (Å²) < 4.78 is 1.93. The summed E-state index contributed by atoms with van der Waals surface area (Å²) in [6, 6.07) is 32.6. The molecule has 0 saturated heterocycles. The van der Waals surface area contributed by atoms with Crippen LogP contribution in [0, 0.1) is 0 Å². The second-order valence-corrected chi connectivity index (χ2v) is 11.3. The molecule has 40 heavy (non-hydrogen) atoms. The number of hydrogen-bond donors (Lipinski definition) is 2. The van der Waals surface area contributed by atoms with Crippen molar-refractivity contribution in [1.82, 2.24) is 19.7 Å². The SMILES string of the molecule is CC(C)(C)c1cc(Nc2nc3cc4ccccc4cc3nc2NCCc2ccccc2Cl)n(-c2ccccc2)n1. The number of rotatable bonds is 7. The predicted octanol–water partition coefficient (Wildman–Crippen LogP) is 8.32. The lowest BCUT2D eigenvalue weighted by atomic mass is 9.92. The van der Waals surface area contributed by atoms with Gasteiger partial charge in [0.25, 0.3) is 0 Å². The molecule has 6 aromatic rings. The molecule has 0 atom stereocenters. The van der Waals surface area contributed by atoms with Crippen LogP contribution in [0.2, 0.25) is 5.02 Å². The first kappa shape index (κ1) is 25.8. The maximum Gasteiger partial charge on any atom is 0.175 e. The van der Waals surface area contributed by atoms with Crippen LogP contribution in [-0.2, 0) is 11.8 Å². The third-order valence-electron chi connectivity index (χ3n) is 6.90. The van der Waals surface area contributed by atoms with E-state index in [4.69, 9.17) is 26.7 Å². The van der Waals surface area contributed by atoms with Crippen molar-refractivity contribution >= 4 is 50.9 Å². The fraction of sp³-hybridized carbons (Fsp3) is 0.182. The molecule has 6 rings (SSSR count). The lowest BCUT2D eigenvalue weighted by Gasteiger charge is -2.15. The second-order valence-electron chi connectivity index (χ2n) is 10.9. The minimum Gasteiger partial charge on any atom is -0.367 e. The molecule has 0 aliphatic rings. The summed E-state index contributed by atoms with van der Waals surface area (Å²) in [7, 11) is 0. The molecule has 0 aliphatic heterocycles. The number of nitrogens with zero attached hydrogens (tertiary/aromatic N) is 4. The average Bonchev–Trinajstić information content (AvgIpc) is 3.38. The molecule has 0 radical (unpaired) electrons. The number of halogens is 1. The smallest absolute Gasteiger partial charge is 0.175 e. The van der Waals surface area contributed by atoms with Gasteiger partial charge in [-0.25, -0.2) is 14.6 Å². The molecule has 0 amide bonds. The topological polar surface area (TPSA) is 67.7 Å². The van der Waals surface area contributed by atoms with Gasteiger partial charge in [0.05, 0.1) is 22.4 Å². The summed E-state index contributed by atoms with van der Waals surface area (Å²) >= 11 is 6.42. The van der Waals surface area contributed by atoms with E-state index in [-0.39, 0.29) is 5.41 Å². The van der Waals surface area contributed by atoms with Crippen molar-refractivity contribution in [2.24, 2.45) is 0 Å². The average molecular weight is 547 g/mol. The molecule has 0 aliphatic carbocycles. The summed E-state index contributed by atoms with van der Waals surface area (Å²) in [5.41, 5.74) is 4.56. The van der Waals surface area contributed by atoms with Crippen LogP contribution in [-0.4, -0.2) is 26.3 Å². The molecule has 0 fully saturated rings. The van der Waals surface area contributed by atoms with E-state index in [0.717, 1.165) is 56.0 Å². The highest BCUT2D eigenvalue weighted by Crippen LogP contribution is 2.31. The van der Waals surface area contributed by atoms with Crippen molar-refractivity contribution in [3.05, 3.63) is 113 Å². The summed E-state index contributed by atoms with van der Waals surface area (Å²) in [4.78, 5) is 10.1. The maximum atomic E-state index is 6.42. The standard InChI is InChI=1S/C33H31ClN6/c1-33(2,3)29-21-30(40(39-29)25-14-5-4-6-15-25)38-32-31(35-18-17-22-11-9-10-16-26(22)34)36-27-19-23-12-7-8-13-24(23)20-28(27)37-32/h4-16,19-21H,17-18H2,1-3H3,(H,35,36)(H,37,38). The van der Waals surface area contributed by atoms with Crippen LogP contribution in [0.4, 0.5) is 17.5 Å². The van der Waals surface area contributed by atoms with Gasteiger partial charge in [0, 0.05) is 23.0 Å². The van der Waals surface area contributed by atoms with Crippen molar-refractivity contribution in [1.29, 1.82) is 0 Å². The van der Waals surface area contributed by atoms with Crippen molar-refractivity contribution in [3.8, 4) is 5.69 Å². The molecule has 2 aromatic heterocycles. The number of benzene rings is 4. The lowest BCUT2D eigenvalue weighted by molar-refractivity contribution is 0.560. The van der Waals surface area contributed by atoms with Gasteiger partial charge in [-0.15, -0.1) is 0 Å². The van der Waals surface area contributed by atoms with Gasteiger partial charge < -0.3 is 10.6 Å². The predicted molar refractivity (Wildman–Crippen MR) is 166 cm³/mol. The summed E-state index contributed by atoms with van der Waals surface area (Å²) in [6.07, 6.45) is 0.757. The largest absolute Gasteiger partial charge is 0.367 e. The van der Waals surface area contributed by atoms with Gasteiger partial charge in [0.15, 0.2) is 11.6 Å². The molecule has 0 unspecified atom stereocenters. The van der Waals surface area contributed by atoms with Crippen molar-refractivity contribution < 1.29 is 0 Å². The highest BCUT2D eigenvalue weighted by atomic mass is 35.5. The molecular formula is C33H31ClN6. The highest BCUT2D eigenvalue weighted by Gasteiger charge is 2.22. The Morgan fingerprint density at radius 3 is 2.05 bits per heavy atom. The molecule has 0 saturated carbocycles. The van der Waals surface area contributed by atoms with Crippen LogP contribution < -0.4 is 10.6 Å². The monoisotopic (exact) mass is 546 g/mol. The second kappa shape index (κ2) is 10.6. The van der Waals surface area contributed by atoms with E-state index in [1.807, 2.05) is 71.4 Å². The quantitative estimate of drug-likeness (QED) is 0.197. The van der Waals surface area contributed by atoms with Gasteiger partial charge in [-0.05, 0) is 53.1 Å². The Labute approximate surface area is 239 Å². The lowest BCUT2D eigenvalue weighted by Crippen LogP contribution is -2.12. The Hall–Kier alpha value is -4.42. The molecule has 2 N–H and O–H groups in total. The fourth-order valence-corrected chi connectivity index (χ4v) is 4.92. The summed E-state index contributed by atoms with van der Waals surface area (Å²) in [6.45, 7) is 7.14. The van der Waals surface area contributed by atoms with Crippen LogP contribution in [0.5, 0.6) is 0 Å². The fourth-order valence-electron chi connectivity index (χ4n) is 4.69. The number of para-hydroxylation sites is 1. The third-order valence-corrected chi connectivity index (χ3v) is 7.27. The van der Waals surface area contributed by atoms with Gasteiger partial charge in [-0.1, -0.05) is 93.0 Å². The molecule has 2 heterocycles. The van der Waals surface area contributed by atoms with Crippen molar-refractivity contribution in [2.45, 2.75) is 32.6 Å². The zero-order chi connectivity index (χ0) is 27.7. The number of fused-ring (bicyclic) bond motifs is 2. The first-order valence-corrected chi connectivity index (χ1v) is 13.8. The van der Waals surface area contributed by atoms with Crippen LogP contribution in [0.25, 0.3) is 27.5 Å². The van der Waals surface area contributed by atoms with Crippen LogP contribution in [0.15, 0.2) is 97.1 Å². The molecule has 200 valence electrons. The normalized spacial score (nSPS) is 11.7. The van der Waals surface area contributed by atoms with Gasteiger partial charge in [-0.2, -0.15) is 5.10 Å². The number of aromatic nitrogens is 4. The first-order valence-electron chi connectivity index (χ1n) is 13.5. The third kappa shape index (κ3) is 5.36. The Bertz CT molecular complexity index is 1800. The molecule has 0 spiro atoms. The van der Waals surface area contributed by atoms with Crippen molar-refractivity contribution in [2.75, 3.05) is 17.2 Å². The van der Waals surface area contributed by atoms with Gasteiger partial charge >= 0.3 is 0 Å². The summed E-state index contributed by atoms with van der Waals surface area (Å²) in [5, 5.41) is 15.1. The van der Waals surface area contributed by atoms with Crippen LogP contribution in [0.1, 0.15) is 32.0 Å². The van der Waals surface area contributed by atoms with E-state index >= 15 is 0 Å². The molecule has 4 aromatic carbocycles. The van der Waals surface area contributed by atoms with Gasteiger partial charge in [0.1, 0.15) is 5.82 Å². The zero-order valence-electron chi connectivity index (χ0n) is 22.8. The van der Waals surface area contributed by atoms with E-state index in [0.29, 0.717) is 18.2 Å². The highest BCUT2D eigenvalue weighted by molar-refractivity contribution is 6.31. The molecule has 6 nitrogen and oxygen atoms in total. The Balaban J connectivity index is 1.42. The Morgan fingerprint density at radius 2 is 1.38 bits per heavy atom. The minimum absolute atomic E-state index is 0.125. The first-order chi connectivity index (χ1) is 19.3. The molecule has 7 heteroatoms. The zero-order valence-corrected chi connectivity index (χ0v) is 23.6.